The Balaban J connectivity index is 1.94. The van der Waals surface area contributed by atoms with Crippen LogP contribution in [0, 0.1) is 11.8 Å². The lowest BCUT2D eigenvalue weighted by atomic mass is 9.80. The van der Waals surface area contributed by atoms with Crippen molar-refractivity contribution in [1.82, 2.24) is 9.78 Å². The van der Waals surface area contributed by atoms with Crippen LogP contribution >= 0.6 is 0 Å². The molecule has 0 spiro atoms. The molecule has 1 aromatic rings. The first-order valence-corrected chi connectivity index (χ1v) is 5.88. The first-order valence-electron chi connectivity index (χ1n) is 5.88. The van der Waals surface area contributed by atoms with E-state index >= 15 is 0 Å². The van der Waals surface area contributed by atoms with E-state index in [1.54, 1.807) is 0 Å². The molecule has 1 saturated carbocycles. The number of anilines is 1. The van der Waals surface area contributed by atoms with Crippen LogP contribution in [0.4, 0.5) is 5.69 Å². The van der Waals surface area contributed by atoms with Gasteiger partial charge in [-0.2, -0.15) is 5.10 Å². The van der Waals surface area contributed by atoms with Gasteiger partial charge >= 0.3 is 0 Å². The van der Waals surface area contributed by atoms with Crippen LogP contribution in [0.15, 0.2) is 12.4 Å². The molecule has 3 nitrogen and oxygen atoms in total. The molecule has 0 aromatic carbocycles. The highest BCUT2D eigenvalue weighted by atomic mass is 15.3. The summed E-state index contributed by atoms with van der Waals surface area (Å²) in [6, 6.07) is 0.632. The number of hydrogen-bond acceptors (Lipinski definition) is 2. The van der Waals surface area contributed by atoms with Gasteiger partial charge in [0.15, 0.2) is 0 Å². The van der Waals surface area contributed by atoms with E-state index in [-0.39, 0.29) is 0 Å². The van der Waals surface area contributed by atoms with E-state index in [1.807, 2.05) is 24.1 Å². The van der Waals surface area contributed by atoms with E-state index in [0.29, 0.717) is 6.04 Å². The molecule has 0 saturated heterocycles. The fraction of sp³-hybridized carbons (Fsp3) is 0.750. The molecule has 1 aliphatic carbocycles. The van der Waals surface area contributed by atoms with E-state index in [0.717, 1.165) is 17.5 Å². The van der Waals surface area contributed by atoms with E-state index in [1.165, 1.54) is 19.3 Å². The first kappa shape index (κ1) is 10.5. The highest BCUT2D eigenvalue weighted by molar-refractivity contribution is 5.39. The number of hydrogen-bond donors (Lipinski definition) is 1. The quantitative estimate of drug-likeness (QED) is 0.808. The molecule has 0 aliphatic heterocycles. The molecule has 1 aromatic heterocycles. The standard InChI is InChI=1S/C12H21N3/c1-9-4-10(2)6-11(5-9)14-12-7-13-15(3)8-12/h7-11,14H,4-6H2,1-3H3/t9-,10-/m1/s1. The number of aromatic nitrogens is 2. The molecule has 84 valence electrons. The molecule has 1 fully saturated rings. The summed E-state index contributed by atoms with van der Waals surface area (Å²) in [5.74, 6) is 1.70. The maximum absolute atomic E-state index is 4.17. The summed E-state index contributed by atoms with van der Waals surface area (Å²) in [5, 5.41) is 7.75. The molecule has 0 unspecified atom stereocenters. The van der Waals surface area contributed by atoms with Crippen LogP contribution in [-0.4, -0.2) is 15.8 Å². The second-order valence-electron chi connectivity index (χ2n) is 5.16. The molecule has 15 heavy (non-hydrogen) atoms. The topological polar surface area (TPSA) is 29.9 Å². The Bertz CT molecular complexity index is 308. The highest BCUT2D eigenvalue weighted by Gasteiger charge is 2.23. The van der Waals surface area contributed by atoms with Crippen molar-refractivity contribution in [3.8, 4) is 0 Å². The van der Waals surface area contributed by atoms with E-state index in [4.69, 9.17) is 0 Å². The first-order chi connectivity index (χ1) is 7.13. The van der Waals surface area contributed by atoms with Gasteiger partial charge < -0.3 is 5.32 Å². The van der Waals surface area contributed by atoms with Crippen molar-refractivity contribution < 1.29 is 0 Å². The Labute approximate surface area is 91.9 Å². The average Bonchev–Trinajstić information content (AvgIpc) is 2.49. The van der Waals surface area contributed by atoms with Gasteiger partial charge in [0.2, 0.25) is 0 Å². The van der Waals surface area contributed by atoms with Crippen LogP contribution < -0.4 is 5.32 Å². The summed E-state index contributed by atoms with van der Waals surface area (Å²) in [6.45, 7) is 4.71. The lowest BCUT2D eigenvalue weighted by molar-refractivity contribution is 0.281. The van der Waals surface area contributed by atoms with Gasteiger partial charge in [-0.3, -0.25) is 4.68 Å². The van der Waals surface area contributed by atoms with Crippen molar-refractivity contribution in [2.75, 3.05) is 5.32 Å². The lowest BCUT2D eigenvalue weighted by Crippen LogP contribution is -2.30. The van der Waals surface area contributed by atoms with Crippen molar-refractivity contribution in [2.45, 2.75) is 39.2 Å². The van der Waals surface area contributed by atoms with Crippen molar-refractivity contribution in [2.24, 2.45) is 18.9 Å². The Morgan fingerprint density at radius 2 is 1.93 bits per heavy atom. The van der Waals surface area contributed by atoms with Gasteiger partial charge in [-0.1, -0.05) is 13.8 Å². The Kier molecular flexibility index (Phi) is 2.98. The summed E-state index contributed by atoms with van der Waals surface area (Å²) in [6.07, 6.45) is 7.91. The largest absolute Gasteiger partial charge is 0.380 e. The second kappa shape index (κ2) is 4.25. The van der Waals surface area contributed by atoms with Crippen molar-refractivity contribution in [1.29, 1.82) is 0 Å². The Hall–Kier alpha value is -0.990. The predicted octanol–water partition coefficient (Wildman–Crippen LogP) is 2.66. The molecule has 2 atom stereocenters. The molecule has 3 heteroatoms. The zero-order valence-corrected chi connectivity index (χ0v) is 9.90. The van der Waals surface area contributed by atoms with Crippen molar-refractivity contribution >= 4 is 5.69 Å². The normalized spacial score (nSPS) is 31.5. The summed E-state index contributed by atoms with van der Waals surface area (Å²) < 4.78 is 1.85. The summed E-state index contributed by atoms with van der Waals surface area (Å²) in [7, 11) is 1.96. The minimum absolute atomic E-state index is 0.632. The van der Waals surface area contributed by atoms with Crippen LogP contribution in [0.2, 0.25) is 0 Å². The van der Waals surface area contributed by atoms with Crippen LogP contribution in [0.1, 0.15) is 33.1 Å². The maximum atomic E-state index is 4.17. The van der Waals surface area contributed by atoms with Gasteiger partial charge in [0.05, 0.1) is 11.9 Å². The number of nitrogens with zero attached hydrogens (tertiary/aromatic N) is 2. The van der Waals surface area contributed by atoms with Crippen molar-refractivity contribution in [3.63, 3.8) is 0 Å². The lowest BCUT2D eigenvalue weighted by Gasteiger charge is -2.32. The van der Waals surface area contributed by atoms with Crippen LogP contribution in [-0.2, 0) is 7.05 Å². The smallest absolute Gasteiger partial charge is 0.0728 e. The van der Waals surface area contributed by atoms with Gasteiger partial charge in [0.1, 0.15) is 0 Å². The third-order valence-electron chi connectivity index (χ3n) is 3.25. The Morgan fingerprint density at radius 1 is 1.27 bits per heavy atom. The number of aryl methyl sites for hydroxylation is 1. The zero-order chi connectivity index (χ0) is 10.8. The van der Waals surface area contributed by atoms with Gasteiger partial charge in [-0.15, -0.1) is 0 Å². The van der Waals surface area contributed by atoms with Crippen LogP contribution in [0.3, 0.4) is 0 Å². The van der Waals surface area contributed by atoms with Crippen molar-refractivity contribution in [3.05, 3.63) is 12.4 Å². The minimum Gasteiger partial charge on any atom is -0.380 e. The summed E-state index contributed by atoms with van der Waals surface area (Å²) in [4.78, 5) is 0. The van der Waals surface area contributed by atoms with Crippen LogP contribution in [0.25, 0.3) is 0 Å². The third-order valence-corrected chi connectivity index (χ3v) is 3.25. The molecule has 0 amide bonds. The van der Waals surface area contributed by atoms with E-state index in [2.05, 4.69) is 24.3 Å². The fourth-order valence-corrected chi connectivity index (χ4v) is 2.80. The third kappa shape index (κ3) is 2.74. The van der Waals surface area contributed by atoms with Gasteiger partial charge in [-0.05, 0) is 31.1 Å². The van der Waals surface area contributed by atoms with E-state index in [9.17, 15) is 0 Å². The average molecular weight is 207 g/mol. The van der Waals surface area contributed by atoms with E-state index < -0.39 is 0 Å². The molecular formula is C12H21N3. The molecule has 0 radical (unpaired) electrons. The van der Waals surface area contributed by atoms with Gasteiger partial charge in [0, 0.05) is 19.3 Å². The Morgan fingerprint density at radius 3 is 2.47 bits per heavy atom. The monoisotopic (exact) mass is 207 g/mol. The second-order valence-corrected chi connectivity index (χ2v) is 5.16. The molecule has 1 heterocycles. The summed E-state index contributed by atoms with van der Waals surface area (Å²) in [5.41, 5.74) is 1.16. The van der Waals surface area contributed by atoms with Gasteiger partial charge in [-0.25, -0.2) is 0 Å². The molecule has 1 aliphatic rings. The molecule has 1 N–H and O–H groups in total. The predicted molar refractivity (Wildman–Crippen MR) is 62.8 cm³/mol. The highest BCUT2D eigenvalue weighted by Crippen LogP contribution is 2.30. The molecular weight excluding hydrogens is 186 g/mol. The van der Waals surface area contributed by atoms with Gasteiger partial charge in [0.25, 0.3) is 0 Å². The molecule has 2 rings (SSSR count). The van der Waals surface area contributed by atoms with Crippen LogP contribution in [0.5, 0.6) is 0 Å². The number of rotatable bonds is 2. The molecule has 0 bridgehead atoms. The SMILES string of the molecule is C[C@H]1CC(Nc2cnn(C)c2)C[C@H](C)C1. The maximum Gasteiger partial charge on any atom is 0.0728 e. The minimum atomic E-state index is 0.632. The number of nitrogens with one attached hydrogen (secondary N) is 1. The summed E-state index contributed by atoms with van der Waals surface area (Å²) >= 11 is 0. The zero-order valence-electron chi connectivity index (χ0n) is 9.90. The fourth-order valence-electron chi connectivity index (χ4n) is 2.80.